The Morgan fingerprint density at radius 3 is 2.71 bits per heavy atom. The minimum atomic E-state index is -0.847. The molecule has 1 aromatic rings. The molecule has 1 heterocycles. The fourth-order valence-corrected chi connectivity index (χ4v) is 2.04. The number of hydrogen-bond donors (Lipinski definition) is 3. The SMILES string of the molecule is CC(C)C[C@H](CNC(=O)NCCc1ncon1)CC(=O)O. The molecule has 0 saturated heterocycles. The van der Waals surface area contributed by atoms with E-state index in [1.807, 2.05) is 13.8 Å². The predicted molar refractivity (Wildman–Crippen MR) is 74.6 cm³/mol. The van der Waals surface area contributed by atoms with E-state index in [-0.39, 0.29) is 18.4 Å². The Kier molecular flexibility index (Phi) is 7.20. The second-order valence-corrected chi connectivity index (χ2v) is 5.33. The summed E-state index contributed by atoms with van der Waals surface area (Å²) in [7, 11) is 0. The van der Waals surface area contributed by atoms with Crippen LogP contribution in [0, 0.1) is 11.8 Å². The molecule has 8 nitrogen and oxygen atoms in total. The first kappa shape index (κ1) is 16.9. The Bertz CT molecular complexity index is 433. The van der Waals surface area contributed by atoms with Crippen molar-refractivity contribution in [3.63, 3.8) is 0 Å². The highest BCUT2D eigenvalue weighted by molar-refractivity contribution is 5.74. The number of nitrogens with one attached hydrogen (secondary N) is 2. The zero-order valence-electron chi connectivity index (χ0n) is 12.3. The second-order valence-electron chi connectivity index (χ2n) is 5.33. The summed E-state index contributed by atoms with van der Waals surface area (Å²) in [5.74, 6) is 0.00161. The molecule has 1 aromatic heterocycles. The van der Waals surface area contributed by atoms with Crippen LogP contribution in [0.1, 0.15) is 32.5 Å². The van der Waals surface area contributed by atoms with Gasteiger partial charge in [-0.05, 0) is 18.3 Å². The number of nitrogens with zero attached hydrogens (tertiary/aromatic N) is 2. The topological polar surface area (TPSA) is 117 Å². The number of carboxylic acid groups (broad SMARTS) is 1. The zero-order valence-corrected chi connectivity index (χ0v) is 12.3. The van der Waals surface area contributed by atoms with Crippen molar-refractivity contribution in [3.05, 3.63) is 12.2 Å². The molecule has 0 aliphatic rings. The third kappa shape index (κ3) is 7.91. The molecule has 0 radical (unpaired) electrons. The molecule has 3 N–H and O–H groups in total. The first-order valence-electron chi connectivity index (χ1n) is 6.96. The van der Waals surface area contributed by atoms with Crippen LogP contribution in [0.4, 0.5) is 4.79 Å². The summed E-state index contributed by atoms with van der Waals surface area (Å²) in [6.45, 7) is 4.79. The lowest BCUT2D eigenvalue weighted by Gasteiger charge is -2.17. The van der Waals surface area contributed by atoms with E-state index in [1.54, 1.807) is 0 Å². The highest BCUT2D eigenvalue weighted by Gasteiger charge is 2.16. The average molecular weight is 298 g/mol. The van der Waals surface area contributed by atoms with Crippen LogP contribution in [0.15, 0.2) is 10.9 Å². The van der Waals surface area contributed by atoms with Crippen LogP contribution in [0.25, 0.3) is 0 Å². The summed E-state index contributed by atoms with van der Waals surface area (Å²) in [6.07, 6.45) is 2.53. The summed E-state index contributed by atoms with van der Waals surface area (Å²) >= 11 is 0. The largest absolute Gasteiger partial charge is 0.481 e. The van der Waals surface area contributed by atoms with Gasteiger partial charge in [-0.25, -0.2) is 4.79 Å². The van der Waals surface area contributed by atoms with Gasteiger partial charge in [0.15, 0.2) is 5.82 Å². The summed E-state index contributed by atoms with van der Waals surface area (Å²) in [5, 5.41) is 17.8. The quantitative estimate of drug-likeness (QED) is 0.627. The number of amides is 2. The molecule has 21 heavy (non-hydrogen) atoms. The number of hydrogen-bond acceptors (Lipinski definition) is 5. The Hall–Kier alpha value is -2.12. The van der Waals surface area contributed by atoms with Crippen molar-refractivity contribution in [1.29, 1.82) is 0 Å². The monoisotopic (exact) mass is 298 g/mol. The van der Waals surface area contributed by atoms with Crippen molar-refractivity contribution in [1.82, 2.24) is 20.8 Å². The molecule has 0 bridgehead atoms. The van der Waals surface area contributed by atoms with E-state index in [1.165, 1.54) is 6.39 Å². The van der Waals surface area contributed by atoms with Crippen molar-refractivity contribution >= 4 is 12.0 Å². The van der Waals surface area contributed by atoms with Crippen molar-refractivity contribution < 1.29 is 19.2 Å². The molecule has 1 rings (SSSR count). The number of aliphatic carboxylic acids is 1. The molecule has 0 saturated carbocycles. The van der Waals surface area contributed by atoms with Gasteiger partial charge in [0.2, 0.25) is 6.39 Å². The van der Waals surface area contributed by atoms with E-state index in [4.69, 9.17) is 5.11 Å². The number of rotatable bonds is 9. The fraction of sp³-hybridized carbons (Fsp3) is 0.692. The Morgan fingerprint density at radius 1 is 1.38 bits per heavy atom. The molecule has 1 atom stereocenters. The third-order valence-electron chi connectivity index (χ3n) is 2.86. The minimum Gasteiger partial charge on any atom is -0.481 e. The van der Waals surface area contributed by atoms with Gasteiger partial charge in [-0.1, -0.05) is 19.0 Å². The highest BCUT2D eigenvalue weighted by atomic mass is 16.5. The maximum absolute atomic E-state index is 11.6. The number of carboxylic acids is 1. The van der Waals surface area contributed by atoms with E-state index in [0.717, 1.165) is 6.42 Å². The van der Waals surface area contributed by atoms with E-state index in [9.17, 15) is 9.59 Å². The molecule has 0 fully saturated rings. The number of urea groups is 1. The highest BCUT2D eigenvalue weighted by Crippen LogP contribution is 2.14. The lowest BCUT2D eigenvalue weighted by molar-refractivity contribution is -0.138. The van der Waals surface area contributed by atoms with Crippen molar-refractivity contribution in [3.8, 4) is 0 Å². The van der Waals surface area contributed by atoms with Gasteiger partial charge >= 0.3 is 12.0 Å². The van der Waals surface area contributed by atoms with Crippen molar-refractivity contribution in [2.24, 2.45) is 11.8 Å². The van der Waals surface area contributed by atoms with Crippen LogP contribution in [0.5, 0.6) is 0 Å². The van der Waals surface area contributed by atoms with Gasteiger partial charge in [0.25, 0.3) is 0 Å². The van der Waals surface area contributed by atoms with Crippen LogP contribution < -0.4 is 10.6 Å². The minimum absolute atomic E-state index is 0.0569. The molecule has 2 amide bonds. The second kappa shape index (κ2) is 8.93. The molecule has 0 unspecified atom stereocenters. The molecule has 0 spiro atoms. The Balaban J connectivity index is 2.23. The van der Waals surface area contributed by atoms with Crippen LogP contribution >= 0.6 is 0 Å². The summed E-state index contributed by atoms with van der Waals surface area (Å²) in [5.41, 5.74) is 0. The van der Waals surface area contributed by atoms with Crippen LogP contribution in [-0.4, -0.2) is 40.3 Å². The summed E-state index contributed by atoms with van der Waals surface area (Å²) in [6, 6.07) is -0.322. The maximum atomic E-state index is 11.6. The fourth-order valence-electron chi connectivity index (χ4n) is 2.04. The van der Waals surface area contributed by atoms with E-state index in [0.29, 0.717) is 31.3 Å². The number of carbonyl (C=O) groups excluding carboxylic acids is 1. The summed E-state index contributed by atoms with van der Waals surface area (Å²) in [4.78, 5) is 26.2. The van der Waals surface area contributed by atoms with E-state index >= 15 is 0 Å². The van der Waals surface area contributed by atoms with Crippen LogP contribution in [0.3, 0.4) is 0 Å². The van der Waals surface area contributed by atoms with Gasteiger partial charge in [-0.15, -0.1) is 0 Å². The van der Waals surface area contributed by atoms with Gasteiger partial charge in [-0.3, -0.25) is 4.79 Å². The summed E-state index contributed by atoms with van der Waals surface area (Å²) < 4.78 is 4.58. The van der Waals surface area contributed by atoms with Crippen LogP contribution in [-0.2, 0) is 11.2 Å². The first-order chi connectivity index (χ1) is 9.97. The molecular weight excluding hydrogens is 276 g/mol. The first-order valence-corrected chi connectivity index (χ1v) is 6.96. The molecule has 0 aromatic carbocycles. The Labute approximate surface area is 123 Å². The third-order valence-corrected chi connectivity index (χ3v) is 2.86. The zero-order chi connectivity index (χ0) is 15.7. The number of carbonyl (C=O) groups is 2. The molecule has 8 heteroatoms. The van der Waals surface area contributed by atoms with Crippen LogP contribution in [0.2, 0.25) is 0 Å². The van der Waals surface area contributed by atoms with Crippen molar-refractivity contribution in [2.45, 2.75) is 33.1 Å². The van der Waals surface area contributed by atoms with Gasteiger partial charge in [0.1, 0.15) is 0 Å². The Morgan fingerprint density at radius 2 is 2.14 bits per heavy atom. The smallest absolute Gasteiger partial charge is 0.314 e. The number of aromatic nitrogens is 2. The van der Waals surface area contributed by atoms with Gasteiger partial charge < -0.3 is 20.3 Å². The van der Waals surface area contributed by atoms with Crippen molar-refractivity contribution in [2.75, 3.05) is 13.1 Å². The van der Waals surface area contributed by atoms with Gasteiger partial charge in [-0.2, -0.15) is 4.98 Å². The molecule has 118 valence electrons. The van der Waals surface area contributed by atoms with E-state index in [2.05, 4.69) is 25.3 Å². The molecular formula is C13H22N4O4. The standard InChI is InChI=1S/C13H22N4O4/c1-9(2)5-10(6-12(18)19)7-15-13(20)14-4-3-11-16-8-21-17-11/h8-10H,3-7H2,1-2H3,(H,18,19)(H2,14,15,20)/t10-/m0/s1. The predicted octanol–water partition coefficient (Wildman–Crippen LogP) is 1.05. The van der Waals surface area contributed by atoms with Gasteiger partial charge in [0, 0.05) is 25.9 Å². The normalized spacial score (nSPS) is 12.1. The maximum Gasteiger partial charge on any atom is 0.314 e. The average Bonchev–Trinajstić information content (AvgIpc) is 2.88. The molecule has 0 aliphatic carbocycles. The molecule has 0 aliphatic heterocycles. The van der Waals surface area contributed by atoms with Gasteiger partial charge in [0.05, 0.1) is 0 Å². The lowest BCUT2D eigenvalue weighted by atomic mass is 9.94. The lowest BCUT2D eigenvalue weighted by Crippen LogP contribution is -2.39. The van der Waals surface area contributed by atoms with E-state index < -0.39 is 5.97 Å².